The van der Waals surface area contributed by atoms with E-state index in [-0.39, 0.29) is 0 Å². The van der Waals surface area contributed by atoms with E-state index in [1.165, 1.54) is 6.42 Å². The van der Waals surface area contributed by atoms with Gasteiger partial charge >= 0.3 is 6.03 Å². The van der Waals surface area contributed by atoms with Crippen molar-refractivity contribution in [2.24, 2.45) is 5.73 Å². The quantitative estimate of drug-likeness (QED) is 0.484. The maximum absolute atomic E-state index is 10.4. The number of amides is 2. The van der Waals surface area contributed by atoms with Crippen molar-refractivity contribution in [2.45, 2.75) is 37.7 Å². The van der Waals surface area contributed by atoms with Crippen LogP contribution in [0.5, 0.6) is 0 Å². The van der Waals surface area contributed by atoms with E-state index in [4.69, 9.17) is 5.73 Å². The van der Waals surface area contributed by atoms with Crippen LogP contribution in [0.2, 0.25) is 0 Å². The van der Waals surface area contributed by atoms with E-state index in [9.17, 15) is 9.90 Å². The zero-order valence-electron chi connectivity index (χ0n) is 9.09. The summed E-state index contributed by atoms with van der Waals surface area (Å²) in [5.74, 6) is 0. The van der Waals surface area contributed by atoms with Crippen LogP contribution in [-0.2, 0) is 0 Å². The van der Waals surface area contributed by atoms with E-state index in [2.05, 4.69) is 10.6 Å². The van der Waals surface area contributed by atoms with Gasteiger partial charge in [-0.05, 0) is 12.8 Å². The van der Waals surface area contributed by atoms with Gasteiger partial charge in [-0.1, -0.05) is 19.3 Å². The Morgan fingerprint density at radius 2 is 1.93 bits per heavy atom. The lowest BCUT2D eigenvalue weighted by atomic mass is 9.85. The van der Waals surface area contributed by atoms with Gasteiger partial charge in [0.15, 0.2) is 0 Å². The van der Waals surface area contributed by atoms with Crippen LogP contribution >= 0.6 is 0 Å². The zero-order chi connectivity index (χ0) is 11.1. The van der Waals surface area contributed by atoms with Crippen molar-refractivity contribution in [3.63, 3.8) is 0 Å². The van der Waals surface area contributed by atoms with E-state index < -0.39 is 11.6 Å². The maximum atomic E-state index is 10.4. The molecular formula is C10H21N3O2. The summed E-state index contributed by atoms with van der Waals surface area (Å²) in [6.07, 6.45) is 5.20. The van der Waals surface area contributed by atoms with Gasteiger partial charge in [0, 0.05) is 19.6 Å². The molecule has 2 amide bonds. The lowest BCUT2D eigenvalue weighted by Crippen LogP contribution is -2.44. The van der Waals surface area contributed by atoms with Crippen molar-refractivity contribution >= 4 is 6.03 Å². The number of carbonyl (C=O) groups excluding carboxylic acids is 1. The number of nitrogens with two attached hydrogens (primary N) is 1. The SMILES string of the molecule is NC(=O)NCCNCC1(O)CCCCC1. The van der Waals surface area contributed by atoms with Gasteiger partial charge in [-0.15, -0.1) is 0 Å². The predicted molar refractivity (Wildman–Crippen MR) is 58.5 cm³/mol. The molecule has 5 heteroatoms. The summed E-state index contributed by atoms with van der Waals surface area (Å²) in [6.45, 7) is 1.75. The molecule has 0 aromatic heterocycles. The zero-order valence-corrected chi connectivity index (χ0v) is 9.09. The molecular weight excluding hydrogens is 194 g/mol. The first kappa shape index (κ1) is 12.3. The molecule has 0 bridgehead atoms. The summed E-state index contributed by atoms with van der Waals surface area (Å²) in [4.78, 5) is 10.4. The molecule has 0 aromatic carbocycles. The first-order valence-corrected chi connectivity index (χ1v) is 5.59. The molecule has 0 atom stereocenters. The minimum atomic E-state index is -0.537. The van der Waals surface area contributed by atoms with Crippen molar-refractivity contribution in [1.29, 1.82) is 0 Å². The Kier molecular flexibility index (Phi) is 4.84. The Balaban J connectivity index is 2.05. The Bertz CT molecular complexity index is 203. The highest BCUT2D eigenvalue weighted by molar-refractivity contribution is 5.71. The number of nitrogens with one attached hydrogen (secondary N) is 2. The van der Waals surface area contributed by atoms with Gasteiger partial charge in [0.2, 0.25) is 0 Å². The molecule has 0 spiro atoms. The molecule has 1 rings (SSSR count). The fraction of sp³-hybridized carbons (Fsp3) is 0.900. The molecule has 0 radical (unpaired) electrons. The summed E-state index contributed by atoms with van der Waals surface area (Å²) < 4.78 is 0. The standard InChI is InChI=1S/C10H21N3O2/c11-9(14)13-7-6-12-8-10(15)4-2-1-3-5-10/h12,15H,1-8H2,(H3,11,13,14). The summed E-state index contributed by atoms with van der Waals surface area (Å²) in [6, 6.07) is -0.506. The van der Waals surface area contributed by atoms with Crippen molar-refractivity contribution in [3.05, 3.63) is 0 Å². The Morgan fingerprint density at radius 3 is 2.53 bits per heavy atom. The van der Waals surface area contributed by atoms with Crippen LogP contribution in [0.25, 0.3) is 0 Å². The van der Waals surface area contributed by atoms with Crippen LogP contribution in [0.3, 0.4) is 0 Å². The molecule has 5 N–H and O–H groups in total. The number of urea groups is 1. The van der Waals surface area contributed by atoms with Crippen molar-refractivity contribution in [3.8, 4) is 0 Å². The lowest BCUT2D eigenvalue weighted by molar-refractivity contribution is 0.00523. The molecule has 15 heavy (non-hydrogen) atoms. The van der Waals surface area contributed by atoms with E-state index in [0.717, 1.165) is 25.7 Å². The maximum Gasteiger partial charge on any atom is 0.312 e. The van der Waals surface area contributed by atoms with Gasteiger partial charge in [0.1, 0.15) is 0 Å². The first-order valence-electron chi connectivity index (χ1n) is 5.59. The minimum Gasteiger partial charge on any atom is -0.389 e. The fourth-order valence-corrected chi connectivity index (χ4v) is 1.98. The average molecular weight is 215 g/mol. The van der Waals surface area contributed by atoms with Gasteiger partial charge < -0.3 is 21.5 Å². The molecule has 0 saturated heterocycles. The molecule has 88 valence electrons. The van der Waals surface area contributed by atoms with Gasteiger partial charge in [-0.3, -0.25) is 0 Å². The smallest absolute Gasteiger partial charge is 0.312 e. The molecule has 0 aliphatic heterocycles. The first-order chi connectivity index (χ1) is 7.12. The minimum absolute atomic E-state index is 0.505. The van der Waals surface area contributed by atoms with Crippen LogP contribution in [0.1, 0.15) is 32.1 Å². The summed E-state index contributed by atoms with van der Waals surface area (Å²) in [5, 5.41) is 15.7. The Labute approximate surface area is 90.4 Å². The van der Waals surface area contributed by atoms with Gasteiger partial charge in [0.05, 0.1) is 5.60 Å². The van der Waals surface area contributed by atoms with E-state index in [1.54, 1.807) is 0 Å². The highest BCUT2D eigenvalue weighted by atomic mass is 16.3. The highest BCUT2D eigenvalue weighted by Crippen LogP contribution is 2.26. The van der Waals surface area contributed by atoms with Crippen molar-refractivity contribution in [2.75, 3.05) is 19.6 Å². The van der Waals surface area contributed by atoms with Gasteiger partial charge in [-0.2, -0.15) is 0 Å². The summed E-state index contributed by atoms with van der Waals surface area (Å²) in [5.41, 5.74) is 4.38. The largest absolute Gasteiger partial charge is 0.389 e. The molecule has 1 fully saturated rings. The van der Waals surface area contributed by atoms with Gasteiger partial charge in [0.25, 0.3) is 0 Å². The van der Waals surface area contributed by atoms with Crippen LogP contribution in [0.15, 0.2) is 0 Å². The molecule has 0 unspecified atom stereocenters. The van der Waals surface area contributed by atoms with Crippen LogP contribution in [0, 0.1) is 0 Å². The second kappa shape index (κ2) is 5.92. The molecule has 0 heterocycles. The number of primary amides is 1. The second-order valence-electron chi connectivity index (χ2n) is 4.25. The topological polar surface area (TPSA) is 87.4 Å². The number of aliphatic hydroxyl groups is 1. The third-order valence-electron chi connectivity index (χ3n) is 2.84. The monoisotopic (exact) mass is 215 g/mol. The number of carbonyl (C=O) groups is 1. The Hall–Kier alpha value is -0.810. The predicted octanol–water partition coefficient (Wildman–Crippen LogP) is -0.0605. The highest BCUT2D eigenvalue weighted by Gasteiger charge is 2.28. The second-order valence-corrected chi connectivity index (χ2v) is 4.25. The summed E-state index contributed by atoms with van der Waals surface area (Å²) >= 11 is 0. The molecule has 1 saturated carbocycles. The number of rotatable bonds is 5. The van der Waals surface area contributed by atoms with E-state index in [1.807, 2.05) is 0 Å². The molecule has 1 aliphatic rings. The van der Waals surface area contributed by atoms with Crippen LogP contribution in [0.4, 0.5) is 4.79 Å². The molecule has 0 aromatic rings. The van der Waals surface area contributed by atoms with Crippen molar-refractivity contribution < 1.29 is 9.90 Å². The third kappa shape index (κ3) is 4.99. The van der Waals surface area contributed by atoms with Gasteiger partial charge in [-0.25, -0.2) is 4.79 Å². The third-order valence-corrected chi connectivity index (χ3v) is 2.84. The normalized spacial score (nSPS) is 19.8. The Morgan fingerprint density at radius 1 is 1.27 bits per heavy atom. The van der Waals surface area contributed by atoms with E-state index in [0.29, 0.717) is 19.6 Å². The number of hydrogen-bond donors (Lipinski definition) is 4. The average Bonchev–Trinajstić information content (AvgIpc) is 2.17. The number of hydrogen-bond acceptors (Lipinski definition) is 3. The van der Waals surface area contributed by atoms with Crippen molar-refractivity contribution in [1.82, 2.24) is 10.6 Å². The van der Waals surface area contributed by atoms with Crippen LogP contribution < -0.4 is 16.4 Å². The molecule has 5 nitrogen and oxygen atoms in total. The summed E-state index contributed by atoms with van der Waals surface area (Å²) in [7, 11) is 0. The van der Waals surface area contributed by atoms with Crippen LogP contribution in [-0.4, -0.2) is 36.4 Å². The lowest BCUT2D eigenvalue weighted by Gasteiger charge is -2.32. The molecule has 1 aliphatic carbocycles. The van der Waals surface area contributed by atoms with E-state index >= 15 is 0 Å². The fourth-order valence-electron chi connectivity index (χ4n) is 1.98.